The standard InChI is InChI=1S/C18H30O2/c1-17(2,3)15(19)12-11-13-9-7-8-10-14(13)16(20)18(4,5)6/h7-10,15-16,19-20H,11-12H2,1-6H3/t15-,16+/m0/s1. The first-order valence-electron chi connectivity index (χ1n) is 7.47. The minimum Gasteiger partial charge on any atom is -0.393 e. The summed E-state index contributed by atoms with van der Waals surface area (Å²) in [5.74, 6) is 0. The fraction of sp³-hybridized carbons (Fsp3) is 0.667. The van der Waals surface area contributed by atoms with E-state index in [0.717, 1.165) is 24.0 Å². The Kier molecular flexibility index (Phi) is 5.39. The van der Waals surface area contributed by atoms with Crippen molar-refractivity contribution >= 4 is 0 Å². The highest BCUT2D eigenvalue weighted by Crippen LogP contribution is 2.35. The van der Waals surface area contributed by atoms with Crippen molar-refractivity contribution in [2.75, 3.05) is 0 Å². The van der Waals surface area contributed by atoms with Crippen LogP contribution in [0.15, 0.2) is 24.3 Å². The molecule has 1 rings (SSSR count). The molecule has 0 unspecified atom stereocenters. The van der Waals surface area contributed by atoms with Crippen LogP contribution >= 0.6 is 0 Å². The summed E-state index contributed by atoms with van der Waals surface area (Å²) in [6.07, 6.45) is 0.701. The summed E-state index contributed by atoms with van der Waals surface area (Å²) < 4.78 is 0. The van der Waals surface area contributed by atoms with Gasteiger partial charge in [-0.15, -0.1) is 0 Å². The molecule has 0 spiro atoms. The van der Waals surface area contributed by atoms with Crippen LogP contribution in [0.5, 0.6) is 0 Å². The first-order chi connectivity index (χ1) is 9.03. The van der Waals surface area contributed by atoms with Crippen molar-refractivity contribution in [3.8, 4) is 0 Å². The molecule has 0 aliphatic carbocycles. The number of hydrogen-bond acceptors (Lipinski definition) is 2. The average Bonchev–Trinajstić information content (AvgIpc) is 2.33. The number of aliphatic hydroxyl groups excluding tert-OH is 2. The van der Waals surface area contributed by atoms with Crippen LogP contribution in [0.4, 0.5) is 0 Å². The highest BCUT2D eigenvalue weighted by atomic mass is 16.3. The second kappa shape index (κ2) is 6.28. The lowest BCUT2D eigenvalue weighted by molar-refractivity contribution is 0.0532. The molecule has 2 atom stereocenters. The highest BCUT2D eigenvalue weighted by molar-refractivity contribution is 5.30. The molecular weight excluding hydrogens is 248 g/mol. The molecule has 0 saturated carbocycles. The van der Waals surface area contributed by atoms with Crippen molar-refractivity contribution in [1.29, 1.82) is 0 Å². The Morgan fingerprint density at radius 3 is 1.95 bits per heavy atom. The Labute approximate surface area is 123 Å². The fourth-order valence-electron chi connectivity index (χ4n) is 2.22. The Morgan fingerprint density at radius 2 is 1.45 bits per heavy atom. The first-order valence-corrected chi connectivity index (χ1v) is 7.47. The van der Waals surface area contributed by atoms with Crippen LogP contribution in [0.1, 0.15) is 65.2 Å². The van der Waals surface area contributed by atoms with Crippen LogP contribution in [-0.4, -0.2) is 16.3 Å². The zero-order chi connectivity index (χ0) is 15.6. The second-order valence-corrected chi connectivity index (χ2v) is 7.89. The maximum Gasteiger partial charge on any atom is 0.0840 e. The molecule has 114 valence electrons. The molecule has 2 nitrogen and oxygen atoms in total. The summed E-state index contributed by atoms with van der Waals surface area (Å²) in [6, 6.07) is 8.01. The molecule has 0 aliphatic rings. The lowest BCUT2D eigenvalue weighted by Crippen LogP contribution is -2.26. The van der Waals surface area contributed by atoms with Crippen LogP contribution in [0.2, 0.25) is 0 Å². The lowest BCUT2D eigenvalue weighted by Gasteiger charge is -2.29. The van der Waals surface area contributed by atoms with Crippen LogP contribution in [-0.2, 0) is 6.42 Å². The maximum absolute atomic E-state index is 10.5. The summed E-state index contributed by atoms with van der Waals surface area (Å²) in [5, 5.41) is 20.7. The quantitative estimate of drug-likeness (QED) is 0.870. The van der Waals surface area contributed by atoms with Crippen LogP contribution in [0.3, 0.4) is 0 Å². The van der Waals surface area contributed by atoms with Gasteiger partial charge in [-0.25, -0.2) is 0 Å². The number of benzene rings is 1. The molecule has 0 heterocycles. The van der Waals surface area contributed by atoms with Gasteiger partial charge in [0.25, 0.3) is 0 Å². The predicted octanol–water partition coefficient (Wildman–Crippen LogP) is 4.11. The molecule has 2 N–H and O–H groups in total. The molecule has 2 heteroatoms. The van der Waals surface area contributed by atoms with Crippen molar-refractivity contribution in [2.24, 2.45) is 10.8 Å². The molecule has 0 bridgehead atoms. The van der Waals surface area contributed by atoms with Gasteiger partial charge >= 0.3 is 0 Å². The lowest BCUT2D eigenvalue weighted by atomic mass is 9.81. The van der Waals surface area contributed by atoms with Crippen LogP contribution < -0.4 is 0 Å². The number of aryl methyl sites for hydroxylation is 1. The molecule has 0 aliphatic heterocycles. The van der Waals surface area contributed by atoms with Crippen molar-refractivity contribution < 1.29 is 10.2 Å². The summed E-state index contributed by atoms with van der Waals surface area (Å²) in [4.78, 5) is 0. The van der Waals surface area contributed by atoms with Gasteiger partial charge in [-0.1, -0.05) is 65.8 Å². The molecule has 0 amide bonds. The van der Waals surface area contributed by atoms with Crippen molar-refractivity contribution in [1.82, 2.24) is 0 Å². The monoisotopic (exact) mass is 278 g/mol. The SMILES string of the molecule is CC(C)(C)[C@H](O)c1ccccc1CC[C@H](O)C(C)(C)C. The fourth-order valence-corrected chi connectivity index (χ4v) is 2.22. The van der Waals surface area contributed by atoms with E-state index in [1.807, 2.05) is 59.7 Å². The Hall–Kier alpha value is -0.860. The largest absolute Gasteiger partial charge is 0.393 e. The zero-order valence-corrected chi connectivity index (χ0v) is 13.8. The predicted molar refractivity (Wildman–Crippen MR) is 84.6 cm³/mol. The van der Waals surface area contributed by atoms with Gasteiger partial charge in [-0.05, 0) is 34.8 Å². The van der Waals surface area contributed by atoms with Gasteiger partial charge < -0.3 is 10.2 Å². The van der Waals surface area contributed by atoms with E-state index in [1.54, 1.807) is 0 Å². The van der Waals surface area contributed by atoms with E-state index in [2.05, 4.69) is 6.07 Å². The van der Waals surface area contributed by atoms with Crippen molar-refractivity contribution in [3.63, 3.8) is 0 Å². The van der Waals surface area contributed by atoms with E-state index in [-0.39, 0.29) is 16.9 Å². The number of aliphatic hydroxyl groups is 2. The van der Waals surface area contributed by atoms with Gasteiger partial charge in [0.15, 0.2) is 0 Å². The molecule has 0 aromatic heterocycles. The Bertz CT molecular complexity index is 424. The first kappa shape index (κ1) is 17.2. The van der Waals surface area contributed by atoms with Crippen LogP contribution in [0, 0.1) is 10.8 Å². The van der Waals surface area contributed by atoms with Crippen molar-refractivity contribution in [3.05, 3.63) is 35.4 Å². The van der Waals surface area contributed by atoms with Gasteiger partial charge in [-0.2, -0.15) is 0 Å². The average molecular weight is 278 g/mol. The third-order valence-electron chi connectivity index (χ3n) is 3.86. The summed E-state index contributed by atoms with van der Waals surface area (Å²) in [7, 11) is 0. The van der Waals surface area contributed by atoms with Gasteiger partial charge in [-0.3, -0.25) is 0 Å². The van der Waals surface area contributed by atoms with Crippen molar-refractivity contribution in [2.45, 2.75) is 66.6 Å². The van der Waals surface area contributed by atoms with E-state index in [1.165, 1.54) is 0 Å². The van der Waals surface area contributed by atoms with E-state index in [4.69, 9.17) is 0 Å². The Morgan fingerprint density at radius 1 is 0.900 bits per heavy atom. The third-order valence-corrected chi connectivity index (χ3v) is 3.86. The third kappa shape index (κ3) is 4.60. The van der Waals surface area contributed by atoms with Gasteiger partial charge in [0.1, 0.15) is 0 Å². The Balaban J connectivity index is 2.87. The number of hydrogen-bond donors (Lipinski definition) is 2. The molecule has 1 aromatic rings. The van der Waals surface area contributed by atoms with Gasteiger partial charge in [0.2, 0.25) is 0 Å². The summed E-state index contributed by atoms with van der Waals surface area (Å²) in [5.41, 5.74) is 1.84. The summed E-state index contributed by atoms with van der Waals surface area (Å²) >= 11 is 0. The maximum atomic E-state index is 10.5. The van der Waals surface area contributed by atoms with E-state index in [9.17, 15) is 10.2 Å². The minimum absolute atomic E-state index is 0.0996. The van der Waals surface area contributed by atoms with Gasteiger partial charge in [0, 0.05) is 0 Å². The zero-order valence-electron chi connectivity index (χ0n) is 13.8. The van der Waals surface area contributed by atoms with Gasteiger partial charge in [0.05, 0.1) is 12.2 Å². The topological polar surface area (TPSA) is 40.5 Å². The normalized spacial score (nSPS) is 16.0. The number of rotatable bonds is 4. The second-order valence-electron chi connectivity index (χ2n) is 7.89. The van der Waals surface area contributed by atoms with E-state index < -0.39 is 6.10 Å². The molecule has 0 radical (unpaired) electrons. The smallest absolute Gasteiger partial charge is 0.0840 e. The molecule has 20 heavy (non-hydrogen) atoms. The molecule has 0 fully saturated rings. The molecular formula is C18H30O2. The molecule has 1 aromatic carbocycles. The highest BCUT2D eigenvalue weighted by Gasteiger charge is 2.26. The van der Waals surface area contributed by atoms with E-state index in [0.29, 0.717) is 0 Å². The van der Waals surface area contributed by atoms with E-state index >= 15 is 0 Å². The van der Waals surface area contributed by atoms with Crippen LogP contribution in [0.25, 0.3) is 0 Å². The molecule has 0 saturated heterocycles. The summed E-state index contributed by atoms with van der Waals surface area (Å²) in [6.45, 7) is 12.3. The minimum atomic E-state index is -0.481.